The Labute approximate surface area is 167 Å². The number of halogens is 1. The third-order valence-electron chi connectivity index (χ3n) is 3.87. The zero-order valence-electron chi connectivity index (χ0n) is 15.2. The van der Waals surface area contributed by atoms with Gasteiger partial charge in [0.05, 0.1) is 11.4 Å². The summed E-state index contributed by atoms with van der Waals surface area (Å²) in [6.07, 6.45) is 1.82. The van der Waals surface area contributed by atoms with E-state index in [-0.39, 0.29) is 5.91 Å². The normalized spacial score (nSPS) is 11.4. The molecule has 0 spiro atoms. The predicted octanol–water partition coefficient (Wildman–Crippen LogP) is 5.56. The molecule has 0 aliphatic rings. The Kier molecular flexibility index (Phi) is 5.94. The molecule has 0 saturated heterocycles. The van der Waals surface area contributed by atoms with Gasteiger partial charge < -0.3 is 9.88 Å². The number of aryl methyl sites for hydroxylation is 1. The van der Waals surface area contributed by atoms with Crippen LogP contribution in [0.5, 0.6) is 0 Å². The molecular weight excluding hydrogens is 378 g/mol. The lowest BCUT2D eigenvalue weighted by molar-refractivity contribution is -0.114. The van der Waals surface area contributed by atoms with E-state index in [0.29, 0.717) is 11.6 Å². The van der Waals surface area contributed by atoms with E-state index in [1.807, 2.05) is 49.4 Å². The number of anilines is 1. The maximum Gasteiger partial charge on any atom is 0.221 e. The number of benzene rings is 2. The number of nitrogens with zero attached hydrogens (tertiary/aromatic N) is 2. The third-order valence-corrected chi connectivity index (χ3v) is 5.10. The number of carbonyl (C=O) groups is 1. The largest absolute Gasteiger partial charge is 0.316 e. The molecule has 0 atom stereocenters. The van der Waals surface area contributed by atoms with E-state index in [2.05, 4.69) is 28.6 Å². The van der Waals surface area contributed by atoms with Crippen LogP contribution in [0.15, 0.2) is 66.2 Å². The summed E-state index contributed by atoms with van der Waals surface area (Å²) in [7, 11) is 0. The van der Waals surface area contributed by atoms with Gasteiger partial charge >= 0.3 is 0 Å². The Balaban J connectivity index is 2.26. The molecule has 0 fully saturated rings. The first-order valence-electron chi connectivity index (χ1n) is 8.47. The number of rotatable bonds is 5. The highest BCUT2D eigenvalue weighted by molar-refractivity contribution is 7.14. The van der Waals surface area contributed by atoms with Gasteiger partial charge in [0.2, 0.25) is 5.91 Å². The minimum atomic E-state index is -0.121. The van der Waals surface area contributed by atoms with Crippen LogP contribution in [0.3, 0.4) is 0 Å². The van der Waals surface area contributed by atoms with Gasteiger partial charge in [-0.1, -0.05) is 64.9 Å². The Bertz CT molecular complexity index is 1050. The number of hydrogen-bond donors (Lipinski definition) is 1. The molecule has 0 aliphatic heterocycles. The number of amides is 1. The van der Waals surface area contributed by atoms with Gasteiger partial charge in [0.1, 0.15) is 5.00 Å². The fourth-order valence-corrected chi connectivity index (χ4v) is 4.01. The third kappa shape index (κ3) is 4.56. The van der Waals surface area contributed by atoms with Gasteiger partial charge in [0.15, 0.2) is 4.80 Å². The predicted molar refractivity (Wildman–Crippen MR) is 114 cm³/mol. The Morgan fingerprint density at radius 1 is 1.30 bits per heavy atom. The van der Waals surface area contributed by atoms with Crippen molar-refractivity contribution < 1.29 is 4.79 Å². The van der Waals surface area contributed by atoms with Gasteiger partial charge in [-0.3, -0.25) is 4.79 Å². The molecule has 0 bridgehead atoms. The van der Waals surface area contributed by atoms with Crippen LogP contribution < -0.4 is 10.1 Å². The second-order valence-electron chi connectivity index (χ2n) is 6.10. The van der Waals surface area contributed by atoms with Gasteiger partial charge in [-0.15, -0.1) is 6.58 Å². The monoisotopic (exact) mass is 397 g/mol. The van der Waals surface area contributed by atoms with Crippen molar-refractivity contribution in [3.05, 3.63) is 76.6 Å². The summed E-state index contributed by atoms with van der Waals surface area (Å²) in [5, 5.41) is 4.33. The lowest BCUT2D eigenvalue weighted by Crippen LogP contribution is -2.15. The Hall–Kier alpha value is -2.63. The maximum atomic E-state index is 11.8. The molecule has 4 nitrogen and oxygen atoms in total. The molecule has 0 saturated carbocycles. The zero-order chi connectivity index (χ0) is 19.4. The molecule has 1 amide bonds. The van der Waals surface area contributed by atoms with E-state index < -0.39 is 0 Å². The standard InChI is InChI=1S/C21H20ClN3OS/c1-4-12-25-19(16-10-8-14(2)9-11-16)20(23-15(3)26)27-21(25)24-18-7-5-6-17(22)13-18/h4-11,13H,1,12H2,2-3H3,(H,23,26). The van der Waals surface area contributed by atoms with E-state index in [0.717, 1.165) is 26.7 Å². The van der Waals surface area contributed by atoms with Gasteiger partial charge in [0, 0.05) is 24.1 Å². The summed E-state index contributed by atoms with van der Waals surface area (Å²) < 4.78 is 2.05. The highest BCUT2D eigenvalue weighted by Gasteiger charge is 2.16. The Morgan fingerprint density at radius 2 is 2.04 bits per heavy atom. The summed E-state index contributed by atoms with van der Waals surface area (Å²) in [6.45, 7) is 7.99. The highest BCUT2D eigenvalue weighted by Crippen LogP contribution is 2.31. The minimum Gasteiger partial charge on any atom is -0.316 e. The topological polar surface area (TPSA) is 46.4 Å². The summed E-state index contributed by atoms with van der Waals surface area (Å²) >= 11 is 7.52. The fourth-order valence-electron chi connectivity index (χ4n) is 2.69. The molecule has 138 valence electrons. The van der Waals surface area contributed by atoms with Gasteiger partial charge in [0.25, 0.3) is 0 Å². The molecule has 1 heterocycles. The van der Waals surface area contributed by atoms with Crippen LogP contribution >= 0.6 is 22.9 Å². The highest BCUT2D eigenvalue weighted by atomic mass is 35.5. The van der Waals surface area contributed by atoms with Gasteiger partial charge in [-0.25, -0.2) is 4.99 Å². The van der Waals surface area contributed by atoms with E-state index in [9.17, 15) is 4.79 Å². The first-order valence-corrected chi connectivity index (χ1v) is 9.67. The summed E-state index contributed by atoms with van der Waals surface area (Å²) in [4.78, 5) is 17.3. The second-order valence-corrected chi connectivity index (χ2v) is 7.51. The van der Waals surface area contributed by atoms with Crippen molar-refractivity contribution in [2.45, 2.75) is 20.4 Å². The summed E-state index contributed by atoms with van der Waals surface area (Å²) in [5.74, 6) is -0.121. The number of hydrogen-bond acceptors (Lipinski definition) is 3. The lowest BCUT2D eigenvalue weighted by atomic mass is 10.1. The van der Waals surface area contributed by atoms with Crippen molar-refractivity contribution in [1.82, 2.24) is 4.57 Å². The van der Waals surface area contributed by atoms with Crippen LogP contribution in [0.4, 0.5) is 10.7 Å². The smallest absolute Gasteiger partial charge is 0.221 e. The number of thiazole rings is 1. The minimum absolute atomic E-state index is 0.121. The van der Waals surface area contributed by atoms with Gasteiger partial charge in [-0.05, 0) is 25.1 Å². The molecule has 0 radical (unpaired) electrons. The SMILES string of the molecule is C=CCn1c(-c2ccc(C)cc2)c(NC(C)=O)sc1=Nc1cccc(Cl)c1. The van der Waals surface area contributed by atoms with Crippen LogP contribution in [0.25, 0.3) is 11.3 Å². The number of aromatic nitrogens is 1. The summed E-state index contributed by atoms with van der Waals surface area (Å²) in [5.41, 5.74) is 3.85. The Morgan fingerprint density at radius 3 is 2.67 bits per heavy atom. The number of nitrogens with one attached hydrogen (secondary N) is 1. The fraction of sp³-hybridized carbons (Fsp3) is 0.143. The molecule has 3 aromatic rings. The zero-order valence-corrected chi connectivity index (χ0v) is 16.8. The van der Waals surface area contributed by atoms with Crippen molar-refractivity contribution in [3.8, 4) is 11.3 Å². The van der Waals surface area contributed by atoms with Crippen LogP contribution in [-0.2, 0) is 11.3 Å². The van der Waals surface area contributed by atoms with E-state index in [1.165, 1.54) is 23.8 Å². The molecule has 0 aliphatic carbocycles. The second kappa shape index (κ2) is 8.37. The number of allylic oxidation sites excluding steroid dienone is 1. The van der Waals surface area contributed by atoms with Crippen molar-refractivity contribution >= 4 is 39.5 Å². The quantitative estimate of drug-likeness (QED) is 0.563. The van der Waals surface area contributed by atoms with Crippen LogP contribution in [0.1, 0.15) is 12.5 Å². The first kappa shape index (κ1) is 19.1. The van der Waals surface area contributed by atoms with Gasteiger partial charge in [-0.2, -0.15) is 0 Å². The summed E-state index contributed by atoms with van der Waals surface area (Å²) in [6, 6.07) is 15.6. The molecular formula is C21H20ClN3OS. The molecule has 6 heteroatoms. The van der Waals surface area contributed by atoms with Crippen molar-refractivity contribution in [2.24, 2.45) is 4.99 Å². The first-order chi connectivity index (χ1) is 13.0. The van der Waals surface area contributed by atoms with Crippen LogP contribution in [0, 0.1) is 6.92 Å². The average Bonchev–Trinajstić information content (AvgIpc) is 2.92. The molecule has 2 aromatic carbocycles. The van der Waals surface area contributed by atoms with Crippen molar-refractivity contribution in [2.75, 3.05) is 5.32 Å². The van der Waals surface area contributed by atoms with Crippen LogP contribution in [0.2, 0.25) is 5.02 Å². The van der Waals surface area contributed by atoms with E-state index >= 15 is 0 Å². The molecule has 1 N–H and O–H groups in total. The molecule has 0 unspecified atom stereocenters. The molecule has 27 heavy (non-hydrogen) atoms. The van der Waals surface area contributed by atoms with Crippen molar-refractivity contribution in [3.63, 3.8) is 0 Å². The maximum absolute atomic E-state index is 11.8. The molecule has 3 rings (SSSR count). The van der Waals surface area contributed by atoms with E-state index in [1.54, 1.807) is 0 Å². The van der Waals surface area contributed by atoms with E-state index in [4.69, 9.17) is 16.6 Å². The lowest BCUT2D eigenvalue weighted by Gasteiger charge is -2.10. The average molecular weight is 398 g/mol. The number of carbonyl (C=O) groups excluding carboxylic acids is 1. The van der Waals surface area contributed by atoms with Crippen molar-refractivity contribution in [1.29, 1.82) is 0 Å². The molecule has 1 aromatic heterocycles. The van der Waals surface area contributed by atoms with Crippen LogP contribution in [-0.4, -0.2) is 10.5 Å².